The Morgan fingerprint density at radius 2 is 0.931 bits per heavy atom. The van der Waals surface area contributed by atoms with Crippen LogP contribution in [0.3, 0.4) is 0 Å². The van der Waals surface area contributed by atoms with Crippen molar-refractivity contribution >= 4 is 84.7 Å². The fourth-order valence-corrected chi connectivity index (χ4v) is 11.0. The number of aromatic nitrogens is 2. The van der Waals surface area contributed by atoms with Crippen molar-refractivity contribution in [1.29, 1.82) is 0 Å². The van der Waals surface area contributed by atoms with Crippen LogP contribution in [0, 0.1) is 0 Å². The van der Waals surface area contributed by atoms with Crippen molar-refractivity contribution in [2.45, 2.75) is 0 Å². The highest BCUT2D eigenvalue weighted by atomic mass is 32.1. The lowest BCUT2D eigenvalue weighted by molar-refractivity contribution is 1.25. The monoisotopic (exact) mass is 772 g/mol. The minimum absolute atomic E-state index is 0.751. The molecule has 0 saturated carbocycles. The number of rotatable bonds is 5. The maximum Gasteiger partial charge on any atom is 0.161 e. The Bertz CT molecular complexity index is 3540. The van der Waals surface area contributed by atoms with Crippen LogP contribution in [-0.2, 0) is 0 Å². The van der Waals surface area contributed by atoms with E-state index >= 15 is 0 Å². The molecule has 0 bridgehead atoms. The molecular formula is C54H32N2S2. The molecule has 3 aromatic heterocycles. The Balaban J connectivity index is 1.00. The minimum Gasteiger partial charge on any atom is -0.226 e. The van der Waals surface area contributed by atoms with Crippen molar-refractivity contribution in [2.24, 2.45) is 0 Å². The van der Waals surface area contributed by atoms with Gasteiger partial charge in [0.1, 0.15) is 0 Å². The lowest BCUT2D eigenvalue weighted by atomic mass is 9.95. The van der Waals surface area contributed by atoms with Crippen LogP contribution in [0.1, 0.15) is 0 Å². The molecule has 4 heteroatoms. The van der Waals surface area contributed by atoms with Crippen molar-refractivity contribution in [3.63, 3.8) is 0 Å². The minimum atomic E-state index is 0.751. The van der Waals surface area contributed by atoms with Crippen LogP contribution in [0.2, 0.25) is 0 Å². The zero-order chi connectivity index (χ0) is 38.2. The molecule has 0 spiro atoms. The summed E-state index contributed by atoms with van der Waals surface area (Å²) < 4.78 is 4.84. The molecule has 0 aliphatic carbocycles. The first-order valence-electron chi connectivity index (χ1n) is 19.6. The summed E-state index contributed by atoms with van der Waals surface area (Å²) in [6, 6.07) is 70.2. The lowest BCUT2D eigenvalue weighted by Crippen LogP contribution is -1.95. The summed E-state index contributed by atoms with van der Waals surface area (Å²) in [5.41, 5.74) is 11.4. The van der Waals surface area contributed by atoms with E-state index in [0.717, 1.165) is 38.2 Å². The molecule has 0 unspecified atom stereocenters. The molecule has 12 aromatic rings. The van der Waals surface area contributed by atoms with Gasteiger partial charge in [0.2, 0.25) is 0 Å². The molecule has 9 aromatic carbocycles. The number of fused-ring (bicyclic) bond motifs is 9. The maximum atomic E-state index is 5.45. The maximum absolute atomic E-state index is 5.45. The van der Waals surface area contributed by atoms with Crippen LogP contribution in [0.5, 0.6) is 0 Å². The Hall–Kier alpha value is -6.98. The van der Waals surface area contributed by atoms with E-state index in [4.69, 9.17) is 9.97 Å². The largest absolute Gasteiger partial charge is 0.226 e. The molecule has 2 nitrogen and oxygen atoms in total. The Labute approximate surface area is 343 Å². The highest BCUT2D eigenvalue weighted by molar-refractivity contribution is 7.26. The van der Waals surface area contributed by atoms with Gasteiger partial charge in [-0.25, -0.2) is 9.97 Å². The first kappa shape index (κ1) is 33.2. The molecule has 0 amide bonds. The van der Waals surface area contributed by atoms with Crippen LogP contribution >= 0.6 is 22.7 Å². The van der Waals surface area contributed by atoms with Crippen LogP contribution in [-0.4, -0.2) is 9.97 Å². The van der Waals surface area contributed by atoms with E-state index in [-0.39, 0.29) is 0 Å². The van der Waals surface area contributed by atoms with Gasteiger partial charge in [-0.3, -0.25) is 0 Å². The van der Waals surface area contributed by atoms with E-state index < -0.39 is 0 Å². The van der Waals surface area contributed by atoms with Gasteiger partial charge in [-0.2, -0.15) is 0 Å². The van der Waals surface area contributed by atoms with Crippen LogP contribution in [0.25, 0.3) is 118 Å². The van der Waals surface area contributed by atoms with Crippen molar-refractivity contribution in [3.8, 4) is 56.0 Å². The third-order valence-electron chi connectivity index (χ3n) is 11.5. The molecule has 58 heavy (non-hydrogen) atoms. The fourth-order valence-electron chi connectivity index (χ4n) is 8.68. The van der Waals surface area contributed by atoms with E-state index in [1.165, 1.54) is 79.8 Å². The van der Waals surface area contributed by atoms with Crippen LogP contribution in [0.15, 0.2) is 194 Å². The standard InChI is InChI=1S/C54H32N2S2/c1-2-11-33(12-3-1)34-23-27-38(28-24-34)51-53-52(44-18-8-9-20-47(44)58-53)56-54(55-51)45-32-49-50(43-17-7-6-16-42(43)45)46-31-39(29-30-48(46)57-49)35-21-25-37(26-22-35)41-19-10-14-36-13-4-5-15-40(36)41/h1-32H. The van der Waals surface area contributed by atoms with Gasteiger partial charge in [0.15, 0.2) is 5.82 Å². The summed E-state index contributed by atoms with van der Waals surface area (Å²) in [6.07, 6.45) is 0. The molecule has 0 saturated heterocycles. The quantitative estimate of drug-likeness (QED) is 0.174. The summed E-state index contributed by atoms with van der Waals surface area (Å²) in [5.74, 6) is 0.751. The number of hydrogen-bond donors (Lipinski definition) is 0. The normalized spacial score (nSPS) is 11.8. The van der Waals surface area contributed by atoms with Gasteiger partial charge < -0.3 is 0 Å². The molecule has 0 aliphatic rings. The first-order valence-corrected chi connectivity index (χ1v) is 21.2. The molecule has 0 N–H and O–H groups in total. The second kappa shape index (κ2) is 13.3. The van der Waals surface area contributed by atoms with Gasteiger partial charge in [-0.15, -0.1) is 22.7 Å². The molecule has 0 fully saturated rings. The molecule has 0 radical (unpaired) electrons. The van der Waals surface area contributed by atoms with Gasteiger partial charge in [-0.05, 0) is 79.2 Å². The number of nitrogens with zero attached hydrogens (tertiary/aromatic N) is 2. The third-order valence-corrected chi connectivity index (χ3v) is 13.8. The number of hydrogen-bond acceptors (Lipinski definition) is 4. The van der Waals surface area contributed by atoms with Crippen molar-refractivity contribution in [3.05, 3.63) is 194 Å². The zero-order valence-corrected chi connectivity index (χ0v) is 32.8. The summed E-state index contributed by atoms with van der Waals surface area (Å²) in [4.78, 5) is 10.9. The highest BCUT2D eigenvalue weighted by Crippen LogP contribution is 2.45. The van der Waals surface area contributed by atoms with E-state index in [0.29, 0.717) is 0 Å². The Morgan fingerprint density at radius 3 is 1.76 bits per heavy atom. The zero-order valence-electron chi connectivity index (χ0n) is 31.2. The first-order chi connectivity index (χ1) is 28.7. The predicted octanol–water partition coefficient (Wildman–Crippen LogP) is 15.9. The van der Waals surface area contributed by atoms with Crippen molar-refractivity contribution in [2.75, 3.05) is 0 Å². The van der Waals surface area contributed by atoms with Crippen LogP contribution < -0.4 is 0 Å². The average molecular weight is 773 g/mol. The highest BCUT2D eigenvalue weighted by Gasteiger charge is 2.20. The molecule has 270 valence electrons. The summed E-state index contributed by atoms with van der Waals surface area (Å²) in [6.45, 7) is 0. The Kier molecular flexibility index (Phi) is 7.62. The summed E-state index contributed by atoms with van der Waals surface area (Å²) in [5, 5.41) is 8.64. The lowest BCUT2D eigenvalue weighted by Gasteiger charge is -2.11. The van der Waals surface area contributed by atoms with E-state index in [9.17, 15) is 0 Å². The van der Waals surface area contributed by atoms with Gasteiger partial charge in [-0.1, -0.05) is 170 Å². The average Bonchev–Trinajstić information content (AvgIpc) is 3.87. The van der Waals surface area contributed by atoms with E-state index in [1.807, 2.05) is 11.3 Å². The fraction of sp³-hybridized carbons (Fsp3) is 0. The van der Waals surface area contributed by atoms with Crippen LogP contribution in [0.4, 0.5) is 0 Å². The molecule has 0 atom stereocenters. The third kappa shape index (κ3) is 5.37. The number of thiophene rings is 2. The van der Waals surface area contributed by atoms with Gasteiger partial charge >= 0.3 is 0 Å². The van der Waals surface area contributed by atoms with E-state index in [2.05, 4.69) is 194 Å². The van der Waals surface area contributed by atoms with Gasteiger partial charge in [0, 0.05) is 41.4 Å². The summed E-state index contributed by atoms with van der Waals surface area (Å²) in [7, 11) is 0. The second-order valence-corrected chi connectivity index (χ2v) is 17.0. The Morgan fingerprint density at radius 1 is 0.328 bits per heavy atom. The topological polar surface area (TPSA) is 25.8 Å². The second-order valence-electron chi connectivity index (χ2n) is 14.9. The number of benzene rings is 9. The van der Waals surface area contributed by atoms with Crippen molar-refractivity contribution < 1.29 is 0 Å². The van der Waals surface area contributed by atoms with Gasteiger partial charge in [0.25, 0.3) is 0 Å². The van der Waals surface area contributed by atoms with Gasteiger partial charge in [0.05, 0.1) is 15.9 Å². The predicted molar refractivity (Wildman–Crippen MR) is 250 cm³/mol. The smallest absolute Gasteiger partial charge is 0.161 e. The molecule has 3 heterocycles. The molecular weight excluding hydrogens is 741 g/mol. The molecule has 0 aliphatic heterocycles. The molecule has 12 rings (SSSR count). The van der Waals surface area contributed by atoms with Crippen molar-refractivity contribution in [1.82, 2.24) is 9.97 Å². The summed E-state index contributed by atoms with van der Waals surface area (Å²) >= 11 is 3.62. The van der Waals surface area contributed by atoms with E-state index in [1.54, 1.807) is 11.3 Å². The SMILES string of the molecule is c1ccc(-c2ccc(-c3nc(-c4cc5sc6ccc(-c7ccc(-c8cccc9ccccc89)cc7)cc6c5c5ccccc45)nc4c3sc3ccccc34)cc2)cc1.